The molecule has 4 aromatic rings. The van der Waals surface area contributed by atoms with Gasteiger partial charge in [-0.05, 0) is 92.1 Å². The number of halogens is 1. The number of hydrogen-bond acceptors (Lipinski definition) is 3. The Morgan fingerprint density at radius 1 is 1.02 bits per heavy atom. The van der Waals surface area contributed by atoms with E-state index in [1.807, 2.05) is 43.3 Å². The van der Waals surface area contributed by atoms with E-state index < -0.39 is 12.1 Å². The average molecular weight is 573 g/mol. The lowest BCUT2D eigenvalue weighted by Gasteiger charge is -2.17. The van der Waals surface area contributed by atoms with Crippen LogP contribution in [0.2, 0.25) is 5.02 Å². The summed E-state index contributed by atoms with van der Waals surface area (Å²) in [4.78, 5) is 25.0. The minimum Gasteiger partial charge on any atom is -0.478 e. The van der Waals surface area contributed by atoms with Crippen molar-refractivity contribution in [3.63, 3.8) is 0 Å². The number of carbonyl (C=O) groups excluding carboxylic acids is 1. The molecule has 5 rings (SSSR count). The molecule has 0 bridgehead atoms. The SMILES string of the molecule is Cc1c(C)n(Cc2ccc(Cl)c(OC(C(=O)O)C3CC3)c2)c2ccc(C(=O)NC(C)c3cccc(C(C)C)c3)cc12. The number of benzene rings is 3. The molecule has 6 nitrogen and oxygen atoms in total. The van der Waals surface area contributed by atoms with Crippen LogP contribution in [-0.4, -0.2) is 27.7 Å². The molecular weight excluding hydrogens is 536 g/mol. The lowest BCUT2D eigenvalue weighted by molar-refractivity contribution is -0.146. The molecule has 1 aromatic heterocycles. The summed E-state index contributed by atoms with van der Waals surface area (Å²) in [6.45, 7) is 11.0. The monoisotopic (exact) mass is 572 g/mol. The molecule has 2 N–H and O–H groups in total. The Morgan fingerprint density at radius 2 is 1.76 bits per heavy atom. The molecular formula is C34H37ClN2O4. The summed E-state index contributed by atoms with van der Waals surface area (Å²) in [6, 6.07) is 19.6. The zero-order valence-corrected chi connectivity index (χ0v) is 25.0. The van der Waals surface area contributed by atoms with Crippen LogP contribution in [0.3, 0.4) is 0 Å². The van der Waals surface area contributed by atoms with Gasteiger partial charge in [0.2, 0.25) is 0 Å². The fourth-order valence-corrected chi connectivity index (χ4v) is 5.51. The van der Waals surface area contributed by atoms with E-state index in [-0.39, 0.29) is 17.9 Å². The Balaban J connectivity index is 1.37. The maximum Gasteiger partial charge on any atom is 0.345 e. The van der Waals surface area contributed by atoms with Crippen LogP contribution in [0.1, 0.15) is 83.9 Å². The van der Waals surface area contributed by atoms with Crippen molar-refractivity contribution >= 4 is 34.4 Å². The zero-order chi connectivity index (χ0) is 29.4. The van der Waals surface area contributed by atoms with E-state index in [1.165, 1.54) is 5.56 Å². The Labute approximate surface area is 246 Å². The van der Waals surface area contributed by atoms with Crippen molar-refractivity contribution in [2.24, 2.45) is 5.92 Å². The third kappa shape index (κ3) is 6.13. The van der Waals surface area contributed by atoms with Gasteiger partial charge in [0.25, 0.3) is 5.91 Å². The van der Waals surface area contributed by atoms with E-state index >= 15 is 0 Å². The number of carboxylic acid groups (broad SMARTS) is 1. The highest BCUT2D eigenvalue weighted by molar-refractivity contribution is 6.32. The van der Waals surface area contributed by atoms with Crippen molar-refractivity contribution in [3.8, 4) is 5.75 Å². The lowest BCUT2D eigenvalue weighted by Crippen LogP contribution is -2.29. The average Bonchev–Trinajstić information content (AvgIpc) is 3.76. The van der Waals surface area contributed by atoms with Gasteiger partial charge in [0.15, 0.2) is 6.10 Å². The van der Waals surface area contributed by atoms with Crippen molar-refractivity contribution in [3.05, 3.63) is 99.2 Å². The Kier molecular flexibility index (Phi) is 8.14. The Bertz CT molecular complexity index is 1620. The number of amides is 1. The second kappa shape index (κ2) is 11.6. The van der Waals surface area contributed by atoms with E-state index in [2.05, 4.69) is 55.8 Å². The third-order valence-electron chi connectivity index (χ3n) is 8.21. The molecule has 0 spiro atoms. The number of rotatable bonds is 10. The number of fused-ring (bicyclic) bond motifs is 1. The summed E-state index contributed by atoms with van der Waals surface area (Å²) in [5.41, 5.74) is 7.12. The third-order valence-corrected chi connectivity index (χ3v) is 8.52. The Hall–Kier alpha value is -3.77. The van der Waals surface area contributed by atoms with Crippen LogP contribution in [0.25, 0.3) is 10.9 Å². The largest absolute Gasteiger partial charge is 0.478 e. The van der Waals surface area contributed by atoms with E-state index in [0.717, 1.165) is 46.1 Å². The van der Waals surface area contributed by atoms with Crippen LogP contribution in [0.4, 0.5) is 0 Å². The van der Waals surface area contributed by atoms with Crippen LogP contribution in [0, 0.1) is 19.8 Å². The number of aromatic nitrogens is 1. The molecule has 214 valence electrons. The van der Waals surface area contributed by atoms with Gasteiger partial charge >= 0.3 is 5.97 Å². The molecule has 7 heteroatoms. The number of ether oxygens (including phenoxy) is 1. The molecule has 2 atom stereocenters. The quantitative estimate of drug-likeness (QED) is 0.203. The molecule has 0 saturated heterocycles. The van der Waals surface area contributed by atoms with Gasteiger partial charge in [0.05, 0.1) is 11.1 Å². The first-order valence-corrected chi connectivity index (χ1v) is 14.6. The topological polar surface area (TPSA) is 80.6 Å². The van der Waals surface area contributed by atoms with E-state index in [9.17, 15) is 14.7 Å². The molecule has 1 amide bonds. The van der Waals surface area contributed by atoms with Gasteiger partial charge in [-0.2, -0.15) is 0 Å². The molecule has 0 aliphatic heterocycles. The lowest BCUT2D eigenvalue weighted by atomic mass is 9.98. The molecule has 1 aliphatic rings. The number of carboxylic acids is 1. The van der Waals surface area contributed by atoms with Gasteiger partial charge in [-0.25, -0.2) is 4.79 Å². The summed E-state index contributed by atoms with van der Waals surface area (Å²) in [5, 5.41) is 14.2. The van der Waals surface area contributed by atoms with Gasteiger partial charge in [-0.15, -0.1) is 0 Å². The summed E-state index contributed by atoms with van der Waals surface area (Å²) in [6.07, 6.45) is 0.823. The first-order chi connectivity index (χ1) is 19.5. The minimum atomic E-state index is -0.963. The van der Waals surface area contributed by atoms with Crippen LogP contribution < -0.4 is 10.1 Å². The number of aryl methyl sites for hydroxylation is 1. The summed E-state index contributed by atoms with van der Waals surface area (Å²) >= 11 is 6.38. The molecule has 41 heavy (non-hydrogen) atoms. The van der Waals surface area contributed by atoms with Gasteiger partial charge in [-0.3, -0.25) is 4.79 Å². The summed E-state index contributed by atoms with van der Waals surface area (Å²) < 4.78 is 8.07. The predicted octanol–water partition coefficient (Wildman–Crippen LogP) is 7.82. The van der Waals surface area contributed by atoms with Crippen LogP contribution >= 0.6 is 11.6 Å². The van der Waals surface area contributed by atoms with Gasteiger partial charge in [-0.1, -0.05) is 55.8 Å². The minimum absolute atomic E-state index is 0.0325. The zero-order valence-electron chi connectivity index (χ0n) is 24.2. The highest BCUT2D eigenvalue weighted by Gasteiger charge is 2.38. The highest BCUT2D eigenvalue weighted by atomic mass is 35.5. The first kappa shape index (κ1) is 28.7. The smallest absolute Gasteiger partial charge is 0.345 e. The maximum absolute atomic E-state index is 13.3. The molecule has 1 fully saturated rings. The van der Waals surface area contributed by atoms with Crippen molar-refractivity contribution < 1.29 is 19.4 Å². The number of carbonyl (C=O) groups is 2. The standard InChI is InChI=1S/C34H37ClN2O4/c1-19(2)25-7-6-8-26(16-25)21(4)36-33(38)27-12-14-30-28(17-27)20(3)22(5)37(30)18-23-9-13-29(35)31(15-23)41-32(34(39)40)24-10-11-24/h6-9,12-17,19,21,24,32H,10-11,18H2,1-5H3,(H,36,38)(H,39,40). The van der Waals surface area contributed by atoms with E-state index in [4.69, 9.17) is 16.3 Å². The fraction of sp³-hybridized carbons (Fsp3) is 0.353. The maximum atomic E-state index is 13.3. The van der Waals surface area contributed by atoms with Crippen molar-refractivity contribution in [2.75, 3.05) is 0 Å². The molecule has 1 heterocycles. The fourth-order valence-electron chi connectivity index (χ4n) is 5.35. The van der Waals surface area contributed by atoms with Crippen LogP contribution in [0.5, 0.6) is 5.75 Å². The van der Waals surface area contributed by atoms with Gasteiger partial charge < -0.3 is 19.7 Å². The number of aliphatic carboxylic acids is 1. The van der Waals surface area contributed by atoms with Gasteiger partial charge in [0, 0.05) is 34.6 Å². The molecule has 1 aliphatic carbocycles. The molecule has 1 saturated carbocycles. The van der Waals surface area contributed by atoms with E-state index in [0.29, 0.717) is 28.8 Å². The van der Waals surface area contributed by atoms with E-state index in [1.54, 1.807) is 6.07 Å². The van der Waals surface area contributed by atoms with Crippen molar-refractivity contribution in [1.82, 2.24) is 9.88 Å². The van der Waals surface area contributed by atoms with Crippen LogP contribution in [-0.2, 0) is 11.3 Å². The van der Waals surface area contributed by atoms with Crippen molar-refractivity contribution in [1.29, 1.82) is 0 Å². The Morgan fingerprint density at radius 3 is 2.44 bits per heavy atom. The summed E-state index contributed by atoms with van der Waals surface area (Å²) in [7, 11) is 0. The molecule has 0 radical (unpaired) electrons. The number of hydrogen-bond donors (Lipinski definition) is 2. The number of nitrogens with one attached hydrogen (secondary N) is 1. The van der Waals surface area contributed by atoms with Gasteiger partial charge in [0.1, 0.15) is 5.75 Å². The molecule has 3 aromatic carbocycles. The second-order valence-corrected chi connectivity index (χ2v) is 11.9. The normalized spacial score (nSPS) is 14.7. The number of nitrogens with zero attached hydrogens (tertiary/aromatic N) is 1. The second-order valence-electron chi connectivity index (χ2n) is 11.5. The summed E-state index contributed by atoms with van der Waals surface area (Å²) in [5.74, 6) is -0.226. The van der Waals surface area contributed by atoms with Crippen molar-refractivity contribution in [2.45, 2.75) is 72.1 Å². The predicted molar refractivity (Wildman–Crippen MR) is 163 cm³/mol. The molecule has 2 unspecified atom stereocenters. The first-order valence-electron chi connectivity index (χ1n) is 14.2. The highest BCUT2D eigenvalue weighted by Crippen LogP contribution is 2.37. The van der Waals surface area contributed by atoms with Crippen LogP contribution in [0.15, 0.2) is 60.7 Å².